The average molecular weight is 417 g/mol. The van der Waals surface area contributed by atoms with Gasteiger partial charge in [0, 0.05) is 47.3 Å². The van der Waals surface area contributed by atoms with Gasteiger partial charge in [-0.15, -0.1) is 0 Å². The van der Waals surface area contributed by atoms with Gasteiger partial charge in [-0.05, 0) is 28.1 Å². The van der Waals surface area contributed by atoms with Crippen LogP contribution in [0.25, 0.3) is 0 Å². The topological polar surface area (TPSA) is 82.2 Å². The molecule has 7 nitrogen and oxygen atoms in total. The van der Waals surface area contributed by atoms with Crippen molar-refractivity contribution in [2.45, 2.75) is 6.04 Å². The van der Waals surface area contributed by atoms with E-state index >= 15 is 0 Å². The molecule has 1 aromatic heterocycles. The maximum atomic E-state index is 11.0. The molecule has 8 heteroatoms. The summed E-state index contributed by atoms with van der Waals surface area (Å²) in [6.45, 7) is 0. The van der Waals surface area contributed by atoms with E-state index in [1.165, 1.54) is 12.1 Å². The molecular formula is C18H17BrN4O3. The quantitative estimate of drug-likeness (QED) is 0.478. The second kappa shape index (κ2) is 7.57. The van der Waals surface area contributed by atoms with Crippen LogP contribution in [0, 0.1) is 10.1 Å². The highest BCUT2D eigenvalue weighted by Gasteiger charge is 2.23. The summed E-state index contributed by atoms with van der Waals surface area (Å²) in [5.41, 5.74) is 1.65. The van der Waals surface area contributed by atoms with E-state index in [4.69, 9.17) is 4.74 Å². The van der Waals surface area contributed by atoms with Crippen molar-refractivity contribution in [1.29, 1.82) is 0 Å². The number of halogens is 1. The predicted octanol–water partition coefficient (Wildman–Crippen LogP) is 4.30. The first kappa shape index (κ1) is 17.9. The highest BCUT2D eigenvalue weighted by atomic mass is 79.9. The van der Waals surface area contributed by atoms with E-state index in [2.05, 4.69) is 26.2 Å². The minimum atomic E-state index is -0.426. The lowest BCUT2D eigenvalue weighted by Gasteiger charge is -2.22. The van der Waals surface area contributed by atoms with Crippen LogP contribution in [0.15, 0.2) is 59.3 Å². The lowest BCUT2D eigenvalue weighted by molar-refractivity contribution is -0.384. The van der Waals surface area contributed by atoms with Gasteiger partial charge < -0.3 is 14.6 Å². The predicted molar refractivity (Wildman–Crippen MR) is 102 cm³/mol. The van der Waals surface area contributed by atoms with E-state index in [1.54, 1.807) is 19.4 Å². The van der Waals surface area contributed by atoms with Crippen LogP contribution in [-0.2, 0) is 7.05 Å². The third kappa shape index (κ3) is 3.55. The zero-order chi connectivity index (χ0) is 18.7. The van der Waals surface area contributed by atoms with E-state index < -0.39 is 4.92 Å². The first-order valence-corrected chi connectivity index (χ1v) is 8.61. The van der Waals surface area contributed by atoms with E-state index in [-0.39, 0.29) is 11.7 Å². The molecule has 134 valence electrons. The fraction of sp³-hybridized carbons (Fsp3) is 0.167. The molecule has 3 rings (SSSR count). The van der Waals surface area contributed by atoms with Crippen LogP contribution >= 0.6 is 15.9 Å². The van der Waals surface area contributed by atoms with E-state index in [9.17, 15) is 10.1 Å². The summed E-state index contributed by atoms with van der Waals surface area (Å²) in [6.07, 6.45) is 3.59. The summed E-state index contributed by atoms with van der Waals surface area (Å²) in [7, 11) is 3.54. The third-order valence-electron chi connectivity index (χ3n) is 4.03. The van der Waals surface area contributed by atoms with Crippen LogP contribution in [-0.4, -0.2) is 21.6 Å². The lowest BCUT2D eigenvalue weighted by atomic mass is 10.0. The Hall–Kier alpha value is -2.87. The number of nitrogens with one attached hydrogen (secondary N) is 1. The molecule has 1 heterocycles. The molecule has 0 amide bonds. The number of anilines is 1. The SMILES string of the molecule is COc1ccccc1C(Nc1ccc([N+](=O)[O-])cc1Br)c1nccn1C. The highest BCUT2D eigenvalue weighted by molar-refractivity contribution is 9.10. The Morgan fingerprint density at radius 1 is 1.31 bits per heavy atom. The van der Waals surface area contributed by atoms with Gasteiger partial charge in [0.05, 0.1) is 12.0 Å². The second-order valence-electron chi connectivity index (χ2n) is 5.64. The Balaban J connectivity index is 2.05. The van der Waals surface area contributed by atoms with Crippen LogP contribution in [0.1, 0.15) is 17.4 Å². The van der Waals surface area contributed by atoms with Crippen molar-refractivity contribution in [2.24, 2.45) is 7.05 Å². The molecule has 0 spiro atoms. The summed E-state index contributed by atoms with van der Waals surface area (Å²) < 4.78 is 8.02. The monoisotopic (exact) mass is 416 g/mol. The van der Waals surface area contributed by atoms with Crippen molar-refractivity contribution in [3.63, 3.8) is 0 Å². The van der Waals surface area contributed by atoms with E-state index in [1.807, 2.05) is 42.1 Å². The van der Waals surface area contributed by atoms with Crippen molar-refractivity contribution in [3.05, 3.63) is 80.8 Å². The largest absolute Gasteiger partial charge is 0.496 e. The number of rotatable bonds is 6. The van der Waals surface area contributed by atoms with Gasteiger partial charge in [0.25, 0.3) is 5.69 Å². The Morgan fingerprint density at radius 2 is 2.08 bits per heavy atom. The Morgan fingerprint density at radius 3 is 2.69 bits per heavy atom. The number of methoxy groups -OCH3 is 1. The molecule has 0 aliphatic heterocycles. The van der Waals surface area contributed by atoms with Crippen molar-refractivity contribution in [3.8, 4) is 5.75 Å². The summed E-state index contributed by atoms with van der Waals surface area (Å²) in [6, 6.07) is 12.0. The molecule has 0 bridgehead atoms. The summed E-state index contributed by atoms with van der Waals surface area (Å²) in [4.78, 5) is 15.0. The van der Waals surface area contributed by atoms with E-state index in [0.29, 0.717) is 4.47 Å². The van der Waals surface area contributed by atoms with Crippen molar-refractivity contribution < 1.29 is 9.66 Å². The van der Waals surface area contributed by atoms with Gasteiger partial charge in [0.1, 0.15) is 17.6 Å². The molecule has 0 radical (unpaired) electrons. The number of aryl methyl sites for hydroxylation is 1. The fourth-order valence-electron chi connectivity index (χ4n) is 2.73. The summed E-state index contributed by atoms with van der Waals surface area (Å²) in [5, 5.41) is 14.4. The number of benzene rings is 2. The zero-order valence-corrected chi connectivity index (χ0v) is 15.8. The van der Waals surface area contributed by atoms with Crippen molar-refractivity contribution in [2.75, 3.05) is 12.4 Å². The lowest BCUT2D eigenvalue weighted by Crippen LogP contribution is -2.18. The van der Waals surface area contributed by atoms with Crippen molar-refractivity contribution >= 4 is 27.3 Å². The average Bonchev–Trinajstić information content (AvgIpc) is 3.06. The van der Waals surface area contributed by atoms with Gasteiger partial charge >= 0.3 is 0 Å². The number of para-hydroxylation sites is 1. The molecule has 1 atom stereocenters. The standard InChI is InChI=1S/C18H17BrN4O3/c1-22-10-9-20-18(22)17(13-5-3-4-6-16(13)26-2)21-15-8-7-12(23(24)25)11-14(15)19/h3-11,17,21H,1-2H3. The molecule has 1 unspecified atom stereocenters. The number of aromatic nitrogens is 2. The van der Waals surface area contributed by atoms with Gasteiger partial charge in [0.2, 0.25) is 0 Å². The van der Waals surface area contributed by atoms with Crippen molar-refractivity contribution in [1.82, 2.24) is 9.55 Å². The van der Waals surface area contributed by atoms with Gasteiger partial charge in [0.15, 0.2) is 0 Å². The maximum absolute atomic E-state index is 11.0. The summed E-state index contributed by atoms with van der Waals surface area (Å²) in [5.74, 6) is 1.52. The first-order chi connectivity index (χ1) is 12.5. The molecule has 1 N–H and O–H groups in total. The molecule has 2 aromatic carbocycles. The number of imidazole rings is 1. The fourth-order valence-corrected chi connectivity index (χ4v) is 3.21. The minimum absolute atomic E-state index is 0.0215. The van der Waals surface area contributed by atoms with Gasteiger partial charge in [-0.2, -0.15) is 0 Å². The van der Waals surface area contributed by atoms with Crippen LogP contribution in [0.2, 0.25) is 0 Å². The van der Waals surface area contributed by atoms with Gasteiger partial charge in [-0.25, -0.2) is 4.98 Å². The molecule has 0 aliphatic carbocycles. The molecular weight excluding hydrogens is 400 g/mol. The number of nitro groups is 1. The minimum Gasteiger partial charge on any atom is -0.496 e. The molecule has 26 heavy (non-hydrogen) atoms. The Bertz CT molecular complexity index is 942. The molecule has 3 aromatic rings. The number of nitro benzene ring substituents is 1. The molecule has 0 aliphatic rings. The van der Waals surface area contributed by atoms with Gasteiger partial charge in [-0.3, -0.25) is 10.1 Å². The normalized spacial score (nSPS) is 11.8. The summed E-state index contributed by atoms with van der Waals surface area (Å²) >= 11 is 3.41. The van der Waals surface area contributed by atoms with Crippen LogP contribution < -0.4 is 10.1 Å². The smallest absolute Gasteiger partial charge is 0.270 e. The zero-order valence-electron chi connectivity index (χ0n) is 14.2. The number of hydrogen-bond donors (Lipinski definition) is 1. The van der Waals surface area contributed by atoms with E-state index in [0.717, 1.165) is 22.8 Å². The molecule has 0 saturated carbocycles. The van der Waals surface area contributed by atoms with Gasteiger partial charge in [-0.1, -0.05) is 18.2 Å². The number of nitrogens with zero attached hydrogens (tertiary/aromatic N) is 3. The highest BCUT2D eigenvalue weighted by Crippen LogP contribution is 2.35. The second-order valence-corrected chi connectivity index (χ2v) is 6.49. The van der Waals surface area contributed by atoms with Crippen LogP contribution in [0.4, 0.5) is 11.4 Å². The molecule has 0 saturated heterocycles. The number of non-ortho nitro benzene ring substituents is 1. The third-order valence-corrected chi connectivity index (χ3v) is 4.69. The molecule has 0 fully saturated rings. The Labute approximate surface area is 158 Å². The number of hydrogen-bond acceptors (Lipinski definition) is 5. The van der Waals surface area contributed by atoms with Crippen LogP contribution in [0.3, 0.4) is 0 Å². The maximum Gasteiger partial charge on any atom is 0.270 e. The number of ether oxygens (including phenoxy) is 1. The first-order valence-electron chi connectivity index (χ1n) is 7.82. The Kier molecular flexibility index (Phi) is 5.22. The van der Waals surface area contributed by atoms with Crippen LogP contribution in [0.5, 0.6) is 5.75 Å².